The molecule has 2 aromatic heterocycles. The number of hydrogen-bond acceptors (Lipinski definition) is 3. The first-order chi connectivity index (χ1) is 13.1. The van der Waals surface area contributed by atoms with Gasteiger partial charge in [0.25, 0.3) is 0 Å². The Hall–Kier alpha value is -3.38. The molecule has 2 aromatic carbocycles. The zero-order valence-corrected chi connectivity index (χ0v) is 14.7. The van der Waals surface area contributed by atoms with E-state index in [9.17, 15) is 4.79 Å². The number of aromatic nitrogens is 3. The van der Waals surface area contributed by atoms with Crippen molar-refractivity contribution in [2.75, 3.05) is 0 Å². The number of fused-ring (bicyclic) bond motifs is 1. The number of aromatic amines is 1. The van der Waals surface area contributed by atoms with E-state index in [-0.39, 0.29) is 6.42 Å². The Morgan fingerprint density at radius 3 is 2.78 bits per heavy atom. The fraction of sp³-hybridized carbons (Fsp3) is 0.143. The molecule has 4 N–H and O–H groups in total. The predicted octanol–water partition coefficient (Wildman–Crippen LogP) is 3.03. The van der Waals surface area contributed by atoms with Gasteiger partial charge in [0.15, 0.2) is 0 Å². The van der Waals surface area contributed by atoms with E-state index in [1.54, 1.807) is 0 Å². The lowest BCUT2D eigenvalue weighted by molar-refractivity contribution is -0.138. The van der Waals surface area contributed by atoms with Crippen molar-refractivity contribution < 1.29 is 9.90 Å². The molecule has 0 fully saturated rings. The predicted molar refractivity (Wildman–Crippen MR) is 104 cm³/mol. The van der Waals surface area contributed by atoms with Gasteiger partial charge in [-0.3, -0.25) is 9.48 Å². The van der Waals surface area contributed by atoms with Crippen LogP contribution in [0.2, 0.25) is 0 Å². The zero-order valence-electron chi connectivity index (χ0n) is 14.7. The van der Waals surface area contributed by atoms with Crippen molar-refractivity contribution in [2.24, 2.45) is 5.73 Å². The van der Waals surface area contributed by atoms with Gasteiger partial charge in [-0.15, -0.1) is 0 Å². The molecule has 0 spiro atoms. The molecule has 1 atom stereocenters. The van der Waals surface area contributed by atoms with E-state index in [4.69, 9.17) is 10.8 Å². The molecule has 0 saturated carbocycles. The summed E-state index contributed by atoms with van der Waals surface area (Å²) >= 11 is 0. The summed E-state index contributed by atoms with van der Waals surface area (Å²) < 4.78 is 1.91. The molecule has 0 aliphatic heterocycles. The molecule has 0 aliphatic rings. The quantitative estimate of drug-likeness (QED) is 0.492. The van der Waals surface area contributed by atoms with Gasteiger partial charge in [0.2, 0.25) is 0 Å². The summed E-state index contributed by atoms with van der Waals surface area (Å²) in [4.78, 5) is 14.2. The third-order valence-corrected chi connectivity index (χ3v) is 4.68. The molecule has 4 rings (SSSR count). The van der Waals surface area contributed by atoms with Gasteiger partial charge in [-0.05, 0) is 28.8 Å². The van der Waals surface area contributed by atoms with Gasteiger partial charge in [0.1, 0.15) is 6.04 Å². The molecule has 2 heterocycles. The van der Waals surface area contributed by atoms with Gasteiger partial charge in [-0.2, -0.15) is 5.10 Å². The summed E-state index contributed by atoms with van der Waals surface area (Å²) in [6.07, 6.45) is 5.98. The van der Waals surface area contributed by atoms with Crippen LogP contribution in [0, 0.1) is 0 Å². The Labute approximate surface area is 156 Å². The molecular formula is C21H20N4O2. The van der Waals surface area contributed by atoms with Crippen LogP contribution in [0.15, 0.2) is 67.1 Å². The molecule has 6 nitrogen and oxygen atoms in total. The van der Waals surface area contributed by atoms with E-state index in [1.165, 1.54) is 5.56 Å². The van der Waals surface area contributed by atoms with Crippen LogP contribution in [0.3, 0.4) is 0 Å². The van der Waals surface area contributed by atoms with E-state index in [1.807, 2.05) is 53.6 Å². The first-order valence-corrected chi connectivity index (χ1v) is 8.75. The number of nitrogens with one attached hydrogen (secondary N) is 1. The molecule has 0 radical (unpaired) electrons. The van der Waals surface area contributed by atoms with E-state index in [0.717, 1.165) is 27.6 Å². The first kappa shape index (κ1) is 17.1. The average molecular weight is 360 g/mol. The number of nitrogens with two attached hydrogens (primary N) is 1. The molecule has 136 valence electrons. The number of carboxylic acid groups (broad SMARTS) is 1. The van der Waals surface area contributed by atoms with E-state index < -0.39 is 12.0 Å². The SMILES string of the molecule is NC(Cc1c[nH]c2ccc(-c3cnn(Cc4ccccc4)c3)cc12)C(=O)O. The smallest absolute Gasteiger partial charge is 0.320 e. The monoisotopic (exact) mass is 360 g/mol. The highest BCUT2D eigenvalue weighted by Gasteiger charge is 2.15. The highest BCUT2D eigenvalue weighted by Crippen LogP contribution is 2.27. The number of rotatable bonds is 6. The molecule has 0 aliphatic carbocycles. The van der Waals surface area contributed by atoms with Crippen molar-refractivity contribution in [1.29, 1.82) is 0 Å². The minimum absolute atomic E-state index is 0.284. The third kappa shape index (κ3) is 3.61. The van der Waals surface area contributed by atoms with Crippen LogP contribution in [-0.4, -0.2) is 31.9 Å². The highest BCUT2D eigenvalue weighted by molar-refractivity contribution is 5.88. The molecule has 0 bridgehead atoms. The molecular weight excluding hydrogens is 340 g/mol. The number of H-pyrrole nitrogens is 1. The number of carboxylic acids is 1. The van der Waals surface area contributed by atoms with Gasteiger partial charge in [-0.1, -0.05) is 36.4 Å². The molecule has 6 heteroatoms. The summed E-state index contributed by atoms with van der Waals surface area (Å²) in [5.74, 6) is -0.998. The van der Waals surface area contributed by atoms with Crippen LogP contribution in [0.5, 0.6) is 0 Å². The van der Waals surface area contributed by atoms with Crippen molar-refractivity contribution in [1.82, 2.24) is 14.8 Å². The topological polar surface area (TPSA) is 96.9 Å². The zero-order chi connectivity index (χ0) is 18.8. The van der Waals surface area contributed by atoms with Crippen molar-refractivity contribution in [2.45, 2.75) is 19.0 Å². The molecule has 27 heavy (non-hydrogen) atoms. The van der Waals surface area contributed by atoms with Crippen LogP contribution in [-0.2, 0) is 17.8 Å². The lowest BCUT2D eigenvalue weighted by Crippen LogP contribution is -2.32. The van der Waals surface area contributed by atoms with Gasteiger partial charge in [-0.25, -0.2) is 0 Å². The molecule has 1 unspecified atom stereocenters. The summed E-state index contributed by atoms with van der Waals surface area (Å²) in [5, 5.41) is 14.5. The van der Waals surface area contributed by atoms with Crippen molar-refractivity contribution in [3.05, 3.63) is 78.2 Å². The summed E-state index contributed by atoms with van der Waals surface area (Å²) in [6, 6.07) is 15.3. The second kappa shape index (κ2) is 7.09. The fourth-order valence-corrected chi connectivity index (χ4v) is 3.22. The Morgan fingerprint density at radius 1 is 1.19 bits per heavy atom. The summed E-state index contributed by atoms with van der Waals surface area (Å²) in [5.41, 5.74) is 10.8. The van der Waals surface area contributed by atoms with Crippen molar-refractivity contribution in [3.63, 3.8) is 0 Å². The maximum atomic E-state index is 11.1. The lowest BCUT2D eigenvalue weighted by atomic mass is 10.0. The van der Waals surface area contributed by atoms with Crippen molar-refractivity contribution in [3.8, 4) is 11.1 Å². The van der Waals surface area contributed by atoms with Crippen molar-refractivity contribution >= 4 is 16.9 Å². The average Bonchev–Trinajstić information content (AvgIpc) is 3.29. The van der Waals surface area contributed by atoms with Crippen LogP contribution >= 0.6 is 0 Å². The first-order valence-electron chi connectivity index (χ1n) is 8.75. The number of benzene rings is 2. The number of carbonyl (C=O) groups is 1. The van der Waals surface area contributed by atoms with Gasteiger partial charge >= 0.3 is 5.97 Å². The van der Waals surface area contributed by atoms with Crippen LogP contribution in [0.25, 0.3) is 22.0 Å². The van der Waals surface area contributed by atoms with Gasteiger partial charge in [0, 0.05) is 35.3 Å². The molecule has 0 amide bonds. The van der Waals surface area contributed by atoms with E-state index >= 15 is 0 Å². The Morgan fingerprint density at radius 2 is 2.00 bits per heavy atom. The largest absolute Gasteiger partial charge is 0.480 e. The van der Waals surface area contributed by atoms with Crippen LogP contribution in [0.1, 0.15) is 11.1 Å². The second-order valence-electron chi connectivity index (χ2n) is 6.64. The maximum Gasteiger partial charge on any atom is 0.320 e. The summed E-state index contributed by atoms with van der Waals surface area (Å²) in [7, 11) is 0. The number of aliphatic carboxylic acids is 1. The van der Waals surface area contributed by atoms with Gasteiger partial charge < -0.3 is 15.8 Å². The van der Waals surface area contributed by atoms with Gasteiger partial charge in [0.05, 0.1) is 12.7 Å². The second-order valence-corrected chi connectivity index (χ2v) is 6.64. The number of hydrogen-bond donors (Lipinski definition) is 3. The molecule has 0 saturated heterocycles. The summed E-state index contributed by atoms with van der Waals surface area (Å²) in [6.45, 7) is 0.714. The lowest BCUT2D eigenvalue weighted by Gasteiger charge is -2.05. The number of nitrogens with zero attached hydrogens (tertiary/aromatic N) is 2. The Balaban J connectivity index is 1.61. The third-order valence-electron chi connectivity index (χ3n) is 4.68. The fourth-order valence-electron chi connectivity index (χ4n) is 3.22. The minimum atomic E-state index is -0.998. The normalized spacial score (nSPS) is 12.3. The Bertz CT molecular complexity index is 1080. The van der Waals surface area contributed by atoms with E-state index in [2.05, 4.69) is 28.3 Å². The van der Waals surface area contributed by atoms with Crippen LogP contribution in [0.4, 0.5) is 0 Å². The van der Waals surface area contributed by atoms with Crippen LogP contribution < -0.4 is 5.73 Å². The molecule has 4 aromatic rings. The maximum absolute atomic E-state index is 11.1. The van der Waals surface area contributed by atoms with E-state index in [0.29, 0.717) is 6.54 Å². The standard InChI is InChI=1S/C21H20N4O2/c22-19(21(26)27)9-16-10-23-20-7-6-15(8-18(16)20)17-11-24-25(13-17)12-14-4-2-1-3-5-14/h1-8,10-11,13,19,23H,9,12,22H2,(H,26,27). The highest BCUT2D eigenvalue weighted by atomic mass is 16.4. The minimum Gasteiger partial charge on any atom is -0.480 e. The Kier molecular flexibility index (Phi) is 4.48.